The van der Waals surface area contributed by atoms with Crippen LogP contribution in [0.3, 0.4) is 0 Å². The molecule has 0 aliphatic heterocycles. The van der Waals surface area contributed by atoms with Gasteiger partial charge in [-0.3, -0.25) is 9.59 Å². The van der Waals surface area contributed by atoms with Crippen LogP contribution in [0.15, 0.2) is 48.5 Å². The summed E-state index contributed by atoms with van der Waals surface area (Å²) in [5.74, 6) is -0.717. The van der Waals surface area contributed by atoms with E-state index in [9.17, 15) is 22.8 Å². The van der Waals surface area contributed by atoms with Crippen molar-refractivity contribution in [1.29, 1.82) is 0 Å². The van der Waals surface area contributed by atoms with Crippen LogP contribution in [0.2, 0.25) is 0 Å². The fourth-order valence-electron chi connectivity index (χ4n) is 2.22. The Morgan fingerprint density at radius 2 is 1.78 bits per heavy atom. The normalized spacial score (nSPS) is 12.2. The van der Waals surface area contributed by atoms with Crippen LogP contribution in [-0.4, -0.2) is 25.1 Å². The Labute approximate surface area is 154 Å². The molecule has 0 heterocycles. The number of benzene rings is 2. The summed E-state index contributed by atoms with van der Waals surface area (Å²) < 4.78 is 48.2. The van der Waals surface area contributed by atoms with Crippen LogP contribution in [0.4, 0.5) is 18.9 Å². The minimum absolute atomic E-state index is 0.0344. The first-order chi connectivity index (χ1) is 12.7. The molecule has 5 nitrogen and oxygen atoms in total. The quantitative estimate of drug-likeness (QED) is 0.773. The highest BCUT2D eigenvalue weighted by Gasteiger charge is 2.30. The lowest BCUT2D eigenvalue weighted by Gasteiger charge is -2.14. The minimum atomic E-state index is -4.52. The van der Waals surface area contributed by atoms with Gasteiger partial charge in [-0.15, -0.1) is 0 Å². The van der Waals surface area contributed by atoms with Gasteiger partial charge in [0.2, 0.25) is 0 Å². The van der Waals surface area contributed by atoms with E-state index < -0.39 is 29.7 Å². The van der Waals surface area contributed by atoms with Gasteiger partial charge in [-0.05, 0) is 42.8 Å². The van der Waals surface area contributed by atoms with E-state index >= 15 is 0 Å². The van der Waals surface area contributed by atoms with Gasteiger partial charge < -0.3 is 14.8 Å². The van der Waals surface area contributed by atoms with E-state index in [1.807, 2.05) is 0 Å². The zero-order chi connectivity index (χ0) is 20.0. The van der Waals surface area contributed by atoms with Crippen LogP contribution >= 0.6 is 0 Å². The van der Waals surface area contributed by atoms with Crippen molar-refractivity contribution in [2.24, 2.45) is 0 Å². The molecule has 1 unspecified atom stereocenters. The monoisotopic (exact) mass is 381 g/mol. The van der Waals surface area contributed by atoms with E-state index in [2.05, 4.69) is 5.32 Å². The van der Waals surface area contributed by atoms with E-state index in [1.54, 1.807) is 24.3 Å². The highest BCUT2D eigenvalue weighted by Crippen LogP contribution is 2.30. The van der Waals surface area contributed by atoms with Crippen molar-refractivity contribution < 1.29 is 32.2 Å². The van der Waals surface area contributed by atoms with Gasteiger partial charge in [0.15, 0.2) is 6.10 Å². The molecule has 0 aromatic heterocycles. The standard InChI is InChI=1S/C19H18F3NO4/c1-12(27-17(24)10-13-6-8-16(26-2)9-7-13)18(25)23-15-5-3-4-14(11-15)19(20,21)22/h3-9,11-12H,10H2,1-2H3,(H,23,25). The number of halogens is 3. The molecule has 27 heavy (non-hydrogen) atoms. The molecule has 8 heteroatoms. The Bertz CT molecular complexity index is 803. The van der Waals surface area contributed by atoms with E-state index in [0.29, 0.717) is 11.3 Å². The van der Waals surface area contributed by atoms with Crippen LogP contribution in [0.5, 0.6) is 5.75 Å². The molecule has 2 aromatic carbocycles. The van der Waals surface area contributed by atoms with Gasteiger partial charge >= 0.3 is 12.1 Å². The number of alkyl halides is 3. The number of hydrogen-bond donors (Lipinski definition) is 1. The first kappa shape index (κ1) is 20.3. The first-order valence-corrected chi connectivity index (χ1v) is 7.99. The number of carbonyl (C=O) groups is 2. The van der Waals surface area contributed by atoms with Crippen LogP contribution < -0.4 is 10.1 Å². The van der Waals surface area contributed by atoms with Crippen molar-refractivity contribution in [3.8, 4) is 5.75 Å². The molecule has 0 bridgehead atoms. The van der Waals surface area contributed by atoms with Crippen LogP contribution in [0.25, 0.3) is 0 Å². The van der Waals surface area contributed by atoms with Gasteiger partial charge in [0.05, 0.1) is 19.1 Å². The number of rotatable bonds is 6. The zero-order valence-corrected chi connectivity index (χ0v) is 14.7. The number of esters is 1. The fourth-order valence-corrected chi connectivity index (χ4v) is 2.22. The van der Waals surface area contributed by atoms with Crippen molar-refractivity contribution in [1.82, 2.24) is 0 Å². The minimum Gasteiger partial charge on any atom is -0.497 e. The lowest BCUT2D eigenvalue weighted by molar-refractivity contribution is -0.152. The predicted molar refractivity (Wildman–Crippen MR) is 92.3 cm³/mol. The second-order valence-electron chi connectivity index (χ2n) is 5.72. The fraction of sp³-hybridized carbons (Fsp3) is 0.263. The number of ether oxygens (including phenoxy) is 2. The van der Waals surface area contributed by atoms with Crippen molar-refractivity contribution in [2.75, 3.05) is 12.4 Å². The first-order valence-electron chi connectivity index (χ1n) is 7.99. The molecule has 1 amide bonds. The summed E-state index contributed by atoms with van der Waals surface area (Å²) in [6, 6.07) is 11.0. The average molecular weight is 381 g/mol. The molecule has 144 valence electrons. The second-order valence-corrected chi connectivity index (χ2v) is 5.72. The largest absolute Gasteiger partial charge is 0.497 e. The summed E-state index contributed by atoms with van der Waals surface area (Å²) in [6.07, 6.45) is -5.73. The zero-order valence-electron chi connectivity index (χ0n) is 14.7. The summed E-state index contributed by atoms with van der Waals surface area (Å²) in [5, 5.41) is 2.31. The number of carbonyl (C=O) groups excluding carboxylic acids is 2. The molecule has 1 atom stereocenters. The SMILES string of the molecule is COc1ccc(CC(=O)OC(C)C(=O)Nc2cccc(C(F)(F)F)c2)cc1. The van der Waals surface area contributed by atoms with E-state index in [4.69, 9.17) is 9.47 Å². The maximum absolute atomic E-state index is 12.7. The van der Waals surface area contributed by atoms with Crippen molar-refractivity contribution in [2.45, 2.75) is 25.6 Å². The summed E-state index contributed by atoms with van der Waals surface area (Å²) in [4.78, 5) is 24.0. The number of hydrogen-bond acceptors (Lipinski definition) is 4. The molecule has 0 saturated carbocycles. The lowest BCUT2D eigenvalue weighted by Crippen LogP contribution is -2.30. The maximum atomic E-state index is 12.7. The van der Waals surface area contributed by atoms with Crippen LogP contribution in [0.1, 0.15) is 18.1 Å². The third-order valence-electron chi connectivity index (χ3n) is 3.64. The van der Waals surface area contributed by atoms with E-state index in [1.165, 1.54) is 26.2 Å². The van der Waals surface area contributed by atoms with Crippen molar-refractivity contribution >= 4 is 17.6 Å². The molecule has 2 rings (SSSR count). The number of methoxy groups -OCH3 is 1. The molecule has 0 saturated heterocycles. The number of amides is 1. The maximum Gasteiger partial charge on any atom is 0.416 e. The molecule has 0 spiro atoms. The molecule has 0 radical (unpaired) electrons. The number of anilines is 1. The summed E-state index contributed by atoms with van der Waals surface area (Å²) in [5.41, 5.74) is -0.247. The summed E-state index contributed by atoms with van der Waals surface area (Å²) in [6.45, 7) is 1.34. The van der Waals surface area contributed by atoms with Gasteiger partial charge in [-0.2, -0.15) is 13.2 Å². The van der Waals surface area contributed by atoms with Crippen molar-refractivity contribution in [3.05, 3.63) is 59.7 Å². The Morgan fingerprint density at radius 1 is 1.11 bits per heavy atom. The summed E-state index contributed by atoms with van der Waals surface area (Å²) in [7, 11) is 1.52. The Balaban J connectivity index is 1.92. The Kier molecular flexibility index (Phi) is 6.44. The third kappa shape index (κ3) is 6.02. The molecular weight excluding hydrogens is 363 g/mol. The smallest absolute Gasteiger partial charge is 0.416 e. The molecule has 0 fully saturated rings. The van der Waals surface area contributed by atoms with Gasteiger partial charge in [0.1, 0.15) is 5.75 Å². The highest BCUT2D eigenvalue weighted by molar-refractivity contribution is 5.95. The van der Waals surface area contributed by atoms with Gasteiger partial charge in [-0.25, -0.2) is 0 Å². The Hall–Kier alpha value is -3.03. The van der Waals surface area contributed by atoms with E-state index in [0.717, 1.165) is 12.1 Å². The third-order valence-corrected chi connectivity index (χ3v) is 3.64. The van der Waals surface area contributed by atoms with Crippen LogP contribution in [-0.2, 0) is 26.9 Å². The molecular formula is C19H18F3NO4. The van der Waals surface area contributed by atoms with Gasteiger partial charge in [0, 0.05) is 5.69 Å². The molecule has 0 aliphatic carbocycles. The second kappa shape index (κ2) is 8.57. The average Bonchev–Trinajstić information content (AvgIpc) is 2.61. The molecule has 1 N–H and O–H groups in total. The highest BCUT2D eigenvalue weighted by atomic mass is 19.4. The van der Waals surface area contributed by atoms with Gasteiger partial charge in [0.25, 0.3) is 5.91 Å². The Morgan fingerprint density at radius 3 is 2.37 bits per heavy atom. The lowest BCUT2D eigenvalue weighted by atomic mass is 10.1. The van der Waals surface area contributed by atoms with E-state index in [-0.39, 0.29) is 12.1 Å². The molecule has 2 aromatic rings. The molecule has 0 aliphatic rings. The van der Waals surface area contributed by atoms with Crippen LogP contribution in [0, 0.1) is 0 Å². The summed E-state index contributed by atoms with van der Waals surface area (Å²) >= 11 is 0. The van der Waals surface area contributed by atoms with Gasteiger partial charge in [-0.1, -0.05) is 18.2 Å². The number of nitrogens with one attached hydrogen (secondary N) is 1. The predicted octanol–water partition coefficient (Wildman–Crippen LogP) is 3.83. The van der Waals surface area contributed by atoms with Crippen molar-refractivity contribution in [3.63, 3.8) is 0 Å². The topological polar surface area (TPSA) is 64.6 Å².